The first-order chi connectivity index (χ1) is 10.9. The van der Waals surface area contributed by atoms with Crippen molar-refractivity contribution in [2.24, 2.45) is 0 Å². The van der Waals surface area contributed by atoms with E-state index in [4.69, 9.17) is 4.74 Å². The molecule has 0 aliphatic carbocycles. The lowest BCUT2D eigenvalue weighted by atomic mass is 10.0. The van der Waals surface area contributed by atoms with Gasteiger partial charge in [0.2, 0.25) is 0 Å². The van der Waals surface area contributed by atoms with Crippen molar-refractivity contribution in [1.82, 2.24) is 10.2 Å². The van der Waals surface area contributed by atoms with Crippen molar-refractivity contribution in [2.45, 2.75) is 51.8 Å². The van der Waals surface area contributed by atoms with E-state index in [-0.39, 0.29) is 17.7 Å². The Morgan fingerprint density at radius 2 is 1.91 bits per heavy atom. The lowest BCUT2D eigenvalue weighted by Crippen LogP contribution is -2.49. The molecule has 1 saturated heterocycles. The number of amides is 1. The zero-order valence-electron chi connectivity index (χ0n) is 13.8. The fraction of sp³-hybridized carbons (Fsp3) is 0.588. The molecule has 1 heterocycles. The molecule has 2 rings (SSSR count). The van der Waals surface area contributed by atoms with Crippen molar-refractivity contribution in [1.29, 1.82) is 0 Å². The molecule has 0 spiro atoms. The van der Waals surface area contributed by atoms with Gasteiger partial charge in [0.1, 0.15) is 5.82 Å². The SMILES string of the molecule is CC(C)N1CCC(NC(=O)[C@@H](C)Oc2ccc(F)cc2F)CC1. The first kappa shape index (κ1) is 17.7. The molecule has 1 amide bonds. The second-order valence-corrected chi connectivity index (χ2v) is 6.25. The Morgan fingerprint density at radius 1 is 1.26 bits per heavy atom. The Bertz CT molecular complexity index is 543. The van der Waals surface area contributed by atoms with Crippen LogP contribution in [0.3, 0.4) is 0 Å². The van der Waals surface area contributed by atoms with Crippen molar-refractivity contribution in [2.75, 3.05) is 13.1 Å². The van der Waals surface area contributed by atoms with E-state index in [1.54, 1.807) is 6.92 Å². The third-order valence-electron chi connectivity index (χ3n) is 4.17. The molecule has 0 bridgehead atoms. The van der Waals surface area contributed by atoms with Crippen molar-refractivity contribution < 1.29 is 18.3 Å². The van der Waals surface area contributed by atoms with Gasteiger partial charge in [0.25, 0.3) is 5.91 Å². The maximum Gasteiger partial charge on any atom is 0.260 e. The summed E-state index contributed by atoms with van der Waals surface area (Å²) in [6.07, 6.45) is 0.946. The third kappa shape index (κ3) is 4.89. The summed E-state index contributed by atoms with van der Waals surface area (Å²) in [5.74, 6) is -1.89. The highest BCUT2D eigenvalue weighted by molar-refractivity contribution is 5.81. The zero-order valence-corrected chi connectivity index (χ0v) is 13.8. The predicted octanol–water partition coefficient (Wildman–Crippen LogP) is 2.72. The molecule has 0 saturated carbocycles. The van der Waals surface area contributed by atoms with Crippen LogP contribution in [0.4, 0.5) is 8.78 Å². The fourth-order valence-corrected chi connectivity index (χ4v) is 2.69. The molecule has 4 nitrogen and oxygen atoms in total. The number of halogens is 2. The number of hydrogen-bond acceptors (Lipinski definition) is 3. The van der Waals surface area contributed by atoms with Gasteiger partial charge in [-0.05, 0) is 45.7 Å². The van der Waals surface area contributed by atoms with Gasteiger partial charge in [-0.1, -0.05) is 0 Å². The van der Waals surface area contributed by atoms with Gasteiger partial charge in [0.15, 0.2) is 17.7 Å². The number of likely N-dealkylation sites (tertiary alicyclic amines) is 1. The molecule has 1 aromatic rings. The molecule has 23 heavy (non-hydrogen) atoms. The molecular weight excluding hydrogens is 302 g/mol. The Labute approximate surface area is 135 Å². The zero-order chi connectivity index (χ0) is 17.0. The van der Waals surface area contributed by atoms with E-state index in [1.807, 2.05) is 0 Å². The second-order valence-electron chi connectivity index (χ2n) is 6.25. The Kier molecular flexibility index (Phi) is 5.93. The molecule has 1 aromatic carbocycles. The normalized spacial score (nSPS) is 18.0. The molecule has 1 N–H and O–H groups in total. The van der Waals surface area contributed by atoms with Gasteiger partial charge in [-0.25, -0.2) is 8.78 Å². The van der Waals surface area contributed by atoms with Crippen molar-refractivity contribution in [3.05, 3.63) is 29.8 Å². The monoisotopic (exact) mass is 326 g/mol. The minimum absolute atomic E-state index is 0.113. The van der Waals surface area contributed by atoms with Crippen LogP contribution in [0.25, 0.3) is 0 Å². The van der Waals surface area contributed by atoms with Crippen LogP contribution < -0.4 is 10.1 Å². The first-order valence-corrected chi connectivity index (χ1v) is 8.03. The number of rotatable bonds is 5. The van der Waals surface area contributed by atoms with Gasteiger partial charge in [-0.15, -0.1) is 0 Å². The Morgan fingerprint density at radius 3 is 2.48 bits per heavy atom. The van der Waals surface area contributed by atoms with Crippen LogP contribution in [-0.2, 0) is 4.79 Å². The number of nitrogens with one attached hydrogen (secondary N) is 1. The van der Waals surface area contributed by atoms with E-state index < -0.39 is 17.7 Å². The smallest absolute Gasteiger partial charge is 0.260 e. The van der Waals surface area contributed by atoms with Crippen LogP contribution in [0, 0.1) is 11.6 Å². The van der Waals surface area contributed by atoms with Crippen molar-refractivity contribution >= 4 is 5.91 Å². The summed E-state index contributed by atoms with van der Waals surface area (Å²) in [4.78, 5) is 14.5. The van der Waals surface area contributed by atoms with Crippen LogP contribution in [0.2, 0.25) is 0 Å². The summed E-state index contributed by atoms with van der Waals surface area (Å²) in [5.41, 5.74) is 0. The molecule has 0 radical (unpaired) electrons. The average Bonchev–Trinajstić information content (AvgIpc) is 2.50. The summed E-state index contributed by atoms with van der Waals surface area (Å²) < 4.78 is 31.7. The van der Waals surface area contributed by atoms with Crippen LogP contribution >= 0.6 is 0 Å². The van der Waals surface area contributed by atoms with Crippen LogP contribution in [0.5, 0.6) is 5.75 Å². The van der Waals surface area contributed by atoms with E-state index in [0.717, 1.165) is 38.1 Å². The number of carbonyl (C=O) groups excluding carboxylic acids is 1. The summed E-state index contributed by atoms with van der Waals surface area (Å²) >= 11 is 0. The van der Waals surface area contributed by atoms with Crippen molar-refractivity contribution in [3.63, 3.8) is 0 Å². The molecule has 6 heteroatoms. The molecule has 1 fully saturated rings. The van der Waals surface area contributed by atoms with E-state index in [1.165, 1.54) is 6.07 Å². The standard InChI is InChI=1S/C17H24F2N2O2/c1-11(2)21-8-6-14(7-9-21)20-17(22)12(3)23-16-5-4-13(18)10-15(16)19/h4-5,10-12,14H,6-9H2,1-3H3,(H,20,22)/t12-/m1/s1. The number of piperidine rings is 1. The first-order valence-electron chi connectivity index (χ1n) is 8.03. The minimum Gasteiger partial charge on any atom is -0.478 e. The highest BCUT2D eigenvalue weighted by Gasteiger charge is 2.24. The summed E-state index contributed by atoms with van der Waals surface area (Å²) in [7, 11) is 0. The Balaban J connectivity index is 1.83. The van der Waals surface area contributed by atoms with E-state index in [0.29, 0.717) is 6.04 Å². The number of hydrogen-bond donors (Lipinski definition) is 1. The van der Waals surface area contributed by atoms with Gasteiger partial charge in [-0.3, -0.25) is 4.79 Å². The third-order valence-corrected chi connectivity index (χ3v) is 4.17. The molecule has 0 unspecified atom stereocenters. The molecule has 128 valence electrons. The lowest BCUT2D eigenvalue weighted by Gasteiger charge is -2.35. The summed E-state index contributed by atoms with van der Waals surface area (Å²) in [6, 6.07) is 3.65. The number of ether oxygens (including phenoxy) is 1. The van der Waals surface area contributed by atoms with Gasteiger partial charge >= 0.3 is 0 Å². The lowest BCUT2D eigenvalue weighted by molar-refractivity contribution is -0.128. The highest BCUT2D eigenvalue weighted by atomic mass is 19.1. The quantitative estimate of drug-likeness (QED) is 0.904. The van der Waals surface area contributed by atoms with Gasteiger partial charge in [-0.2, -0.15) is 0 Å². The molecule has 0 aromatic heterocycles. The Hall–Kier alpha value is -1.69. The minimum atomic E-state index is -0.835. The van der Waals surface area contributed by atoms with Gasteiger partial charge in [0.05, 0.1) is 0 Å². The number of nitrogens with zero attached hydrogens (tertiary/aromatic N) is 1. The van der Waals surface area contributed by atoms with Crippen molar-refractivity contribution in [3.8, 4) is 5.75 Å². The largest absolute Gasteiger partial charge is 0.478 e. The van der Waals surface area contributed by atoms with Gasteiger partial charge in [0, 0.05) is 31.2 Å². The highest BCUT2D eigenvalue weighted by Crippen LogP contribution is 2.19. The van der Waals surface area contributed by atoms with Crippen LogP contribution in [-0.4, -0.2) is 42.1 Å². The van der Waals surface area contributed by atoms with E-state index in [9.17, 15) is 13.6 Å². The molecular formula is C17H24F2N2O2. The number of benzene rings is 1. The maximum absolute atomic E-state index is 13.5. The maximum atomic E-state index is 13.5. The fourth-order valence-electron chi connectivity index (χ4n) is 2.69. The predicted molar refractivity (Wildman–Crippen MR) is 84.3 cm³/mol. The van der Waals surface area contributed by atoms with Crippen LogP contribution in [0.15, 0.2) is 18.2 Å². The van der Waals surface area contributed by atoms with E-state index >= 15 is 0 Å². The summed E-state index contributed by atoms with van der Waals surface area (Å²) in [6.45, 7) is 7.77. The molecule has 1 aliphatic rings. The molecule has 1 aliphatic heterocycles. The average molecular weight is 326 g/mol. The van der Waals surface area contributed by atoms with Crippen LogP contribution in [0.1, 0.15) is 33.6 Å². The number of carbonyl (C=O) groups is 1. The van der Waals surface area contributed by atoms with E-state index in [2.05, 4.69) is 24.1 Å². The van der Waals surface area contributed by atoms with Gasteiger partial charge < -0.3 is 15.0 Å². The molecule has 1 atom stereocenters. The topological polar surface area (TPSA) is 41.6 Å². The second kappa shape index (κ2) is 7.73. The summed E-state index contributed by atoms with van der Waals surface area (Å²) in [5, 5.41) is 2.94.